The van der Waals surface area contributed by atoms with Crippen LogP contribution >= 0.6 is 0 Å². The van der Waals surface area contributed by atoms with Gasteiger partial charge in [-0.1, -0.05) is 34.1 Å². The minimum absolute atomic E-state index is 0.0213. The number of carbonyl (C=O) groups excluding carboxylic acids is 2. The molecule has 0 bridgehead atoms. The van der Waals surface area contributed by atoms with Crippen molar-refractivity contribution >= 4 is 11.8 Å². The fourth-order valence-corrected chi connectivity index (χ4v) is 3.96. The predicted molar refractivity (Wildman–Crippen MR) is 83.7 cm³/mol. The van der Waals surface area contributed by atoms with E-state index in [1.54, 1.807) is 0 Å². The van der Waals surface area contributed by atoms with Gasteiger partial charge in [0.25, 0.3) is 0 Å². The molecule has 0 radical (unpaired) electrons. The third-order valence-electron chi connectivity index (χ3n) is 5.25. The highest BCUT2D eigenvalue weighted by atomic mass is 16.2. The van der Waals surface area contributed by atoms with Gasteiger partial charge in [-0.2, -0.15) is 0 Å². The van der Waals surface area contributed by atoms with E-state index in [4.69, 9.17) is 0 Å². The predicted octanol–water partition coefficient (Wildman–Crippen LogP) is 2.57. The SMILES string of the molecule is CCC(C)C1NC(=O)CCN(C2CC(C)CC(C)C2)C1=O. The van der Waals surface area contributed by atoms with Crippen LogP contribution in [0, 0.1) is 17.8 Å². The molecule has 2 fully saturated rings. The Morgan fingerprint density at radius 2 is 1.81 bits per heavy atom. The summed E-state index contributed by atoms with van der Waals surface area (Å²) >= 11 is 0. The summed E-state index contributed by atoms with van der Waals surface area (Å²) in [5.41, 5.74) is 0. The number of hydrogen-bond acceptors (Lipinski definition) is 2. The van der Waals surface area contributed by atoms with Crippen LogP contribution in [0.1, 0.15) is 59.8 Å². The zero-order chi connectivity index (χ0) is 15.6. The summed E-state index contributed by atoms with van der Waals surface area (Å²) in [7, 11) is 0. The second-order valence-corrected chi connectivity index (χ2v) is 7.28. The van der Waals surface area contributed by atoms with Gasteiger partial charge in [-0.15, -0.1) is 0 Å². The fraction of sp³-hybridized carbons (Fsp3) is 0.882. The summed E-state index contributed by atoms with van der Waals surface area (Å²) in [4.78, 5) is 26.9. The van der Waals surface area contributed by atoms with Crippen molar-refractivity contribution in [2.45, 2.75) is 71.9 Å². The molecule has 1 N–H and O–H groups in total. The van der Waals surface area contributed by atoms with Crippen LogP contribution in [0.3, 0.4) is 0 Å². The van der Waals surface area contributed by atoms with Gasteiger partial charge in [0.2, 0.25) is 11.8 Å². The smallest absolute Gasteiger partial charge is 0.245 e. The molecular formula is C17H30N2O2. The Kier molecular flexibility index (Phi) is 5.28. The average Bonchev–Trinajstić information content (AvgIpc) is 2.56. The minimum Gasteiger partial charge on any atom is -0.344 e. The Labute approximate surface area is 128 Å². The van der Waals surface area contributed by atoms with Gasteiger partial charge in [0.05, 0.1) is 0 Å². The molecule has 4 heteroatoms. The Balaban J connectivity index is 2.17. The van der Waals surface area contributed by atoms with Crippen LogP contribution in [0.25, 0.3) is 0 Å². The van der Waals surface area contributed by atoms with Crippen molar-refractivity contribution in [1.29, 1.82) is 0 Å². The standard InChI is InChI=1S/C17H30N2O2/c1-5-13(4)16-17(21)19(7-6-15(20)18-16)14-9-11(2)8-12(3)10-14/h11-14,16H,5-10H2,1-4H3,(H,18,20). The zero-order valence-corrected chi connectivity index (χ0v) is 13.9. The third kappa shape index (κ3) is 3.78. The Bertz CT molecular complexity index is 386. The van der Waals surface area contributed by atoms with Crippen LogP contribution in [0.2, 0.25) is 0 Å². The first-order chi connectivity index (χ1) is 9.92. The van der Waals surface area contributed by atoms with Crippen molar-refractivity contribution in [1.82, 2.24) is 10.2 Å². The molecule has 4 nitrogen and oxygen atoms in total. The largest absolute Gasteiger partial charge is 0.344 e. The lowest BCUT2D eigenvalue weighted by Gasteiger charge is -2.40. The highest BCUT2D eigenvalue weighted by molar-refractivity contribution is 5.90. The van der Waals surface area contributed by atoms with Crippen LogP contribution in [0.15, 0.2) is 0 Å². The van der Waals surface area contributed by atoms with Crippen molar-refractivity contribution in [2.75, 3.05) is 6.54 Å². The number of hydrogen-bond donors (Lipinski definition) is 1. The van der Waals surface area contributed by atoms with Crippen molar-refractivity contribution in [2.24, 2.45) is 17.8 Å². The summed E-state index contributed by atoms with van der Waals surface area (Å²) in [5.74, 6) is 1.69. The topological polar surface area (TPSA) is 49.4 Å². The van der Waals surface area contributed by atoms with E-state index in [-0.39, 0.29) is 23.8 Å². The molecule has 1 heterocycles. The first kappa shape index (κ1) is 16.3. The van der Waals surface area contributed by atoms with Crippen LogP contribution < -0.4 is 5.32 Å². The quantitative estimate of drug-likeness (QED) is 0.869. The molecule has 2 rings (SSSR count). The van der Waals surface area contributed by atoms with Gasteiger partial charge in [-0.3, -0.25) is 9.59 Å². The maximum absolute atomic E-state index is 12.9. The summed E-state index contributed by atoms with van der Waals surface area (Å²) in [6.45, 7) is 9.27. The second kappa shape index (κ2) is 6.80. The van der Waals surface area contributed by atoms with Crippen molar-refractivity contribution in [3.05, 3.63) is 0 Å². The normalized spacial score (nSPS) is 36.1. The summed E-state index contributed by atoms with van der Waals surface area (Å²) in [6.07, 6.45) is 4.76. The van der Waals surface area contributed by atoms with E-state index in [2.05, 4.69) is 33.0 Å². The Hall–Kier alpha value is -1.06. The van der Waals surface area contributed by atoms with Crippen LogP contribution in [-0.4, -0.2) is 35.3 Å². The van der Waals surface area contributed by atoms with Crippen molar-refractivity contribution < 1.29 is 9.59 Å². The van der Waals surface area contributed by atoms with E-state index in [1.807, 2.05) is 4.90 Å². The molecule has 21 heavy (non-hydrogen) atoms. The second-order valence-electron chi connectivity index (χ2n) is 7.28. The summed E-state index contributed by atoms with van der Waals surface area (Å²) < 4.78 is 0. The third-order valence-corrected chi connectivity index (χ3v) is 5.25. The molecule has 2 aliphatic rings. The average molecular weight is 294 g/mol. The van der Waals surface area contributed by atoms with Gasteiger partial charge < -0.3 is 10.2 Å². The maximum Gasteiger partial charge on any atom is 0.245 e. The van der Waals surface area contributed by atoms with Gasteiger partial charge in [-0.05, 0) is 37.0 Å². The van der Waals surface area contributed by atoms with Crippen LogP contribution in [-0.2, 0) is 9.59 Å². The summed E-state index contributed by atoms with van der Waals surface area (Å²) in [5, 5.41) is 2.94. The minimum atomic E-state index is -0.336. The first-order valence-corrected chi connectivity index (χ1v) is 8.52. The highest BCUT2D eigenvalue weighted by Gasteiger charge is 2.38. The van der Waals surface area contributed by atoms with E-state index in [9.17, 15) is 9.59 Å². The molecule has 0 aromatic rings. The van der Waals surface area contributed by atoms with Gasteiger partial charge in [0, 0.05) is 19.0 Å². The van der Waals surface area contributed by atoms with E-state index >= 15 is 0 Å². The molecule has 4 unspecified atom stereocenters. The van der Waals surface area contributed by atoms with E-state index in [1.165, 1.54) is 6.42 Å². The number of nitrogens with one attached hydrogen (secondary N) is 1. The number of rotatable bonds is 3. The molecule has 4 atom stereocenters. The molecule has 0 aromatic heterocycles. The lowest BCUT2D eigenvalue weighted by Crippen LogP contribution is -2.52. The number of carbonyl (C=O) groups is 2. The summed E-state index contributed by atoms with van der Waals surface area (Å²) in [6, 6.07) is -0.0203. The lowest BCUT2D eigenvalue weighted by molar-refractivity contribution is -0.138. The van der Waals surface area contributed by atoms with Crippen molar-refractivity contribution in [3.63, 3.8) is 0 Å². The monoisotopic (exact) mass is 294 g/mol. The van der Waals surface area contributed by atoms with Gasteiger partial charge in [0.15, 0.2) is 0 Å². The fourth-order valence-electron chi connectivity index (χ4n) is 3.96. The number of amides is 2. The molecule has 1 saturated carbocycles. The molecular weight excluding hydrogens is 264 g/mol. The molecule has 1 aliphatic heterocycles. The Morgan fingerprint density at radius 1 is 1.19 bits per heavy atom. The molecule has 1 aliphatic carbocycles. The van der Waals surface area contributed by atoms with Gasteiger partial charge in [0.1, 0.15) is 6.04 Å². The maximum atomic E-state index is 12.9. The molecule has 120 valence electrons. The van der Waals surface area contributed by atoms with Gasteiger partial charge in [-0.25, -0.2) is 0 Å². The van der Waals surface area contributed by atoms with E-state index in [0.29, 0.717) is 30.8 Å². The van der Waals surface area contributed by atoms with E-state index < -0.39 is 0 Å². The van der Waals surface area contributed by atoms with Crippen LogP contribution in [0.4, 0.5) is 0 Å². The van der Waals surface area contributed by atoms with E-state index in [0.717, 1.165) is 19.3 Å². The number of nitrogens with zero attached hydrogens (tertiary/aromatic N) is 1. The molecule has 0 spiro atoms. The van der Waals surface area contributed by atoms with Crippen LogP contribution in [0.5, 0.6) is 0 Å². The molecule has 1 saturated heterocycles. The molecule has 2 amide bonds. The zero-order valence-electron chi connectivity index (χ0n) is 13.9. The highest BCUT2D eigenvalue weighted by Crippen LogP contribution is 2.32. The first-order valence-electron chi connectivity index (χ1n) is 8.52. The Morgan fingerprint density at radius 3 is 2.38 bits per heavy atom. The lowest BCUT2D eigenvalue weighted by atomic mass is 9.79. The molecule has 0 aromatic carbocycles. The van der Waals surface area contributed by atoms with Gasteiger partial charge >= 0.3 is 0 Å². The van der Waals surface area contributed by atoms with Crippen molar-refractivity contribution in [3.8, 4) is 0 Å².